The molecule has 1 aliphatic heterocycles. The molecule has 0 radical (unpaired) electrons. The molecule has 1 amide bonds. The minimum absolute atomic E-state index is 0.0177. The van der Waals surface area contributed by atoms with Crippen molar-refractivity contribution in [2.24, 2.45) is 5.41 Å². The van der Waals surface area contributed by atoms with Crippen LogP contribution in [0.5, 0.6) is 0 Å². The molecular formula is C17H26N2O2. The van der Waals surface area contributed by atoms with Gasteiger partial charge in [0, 0.05) is 24.3 Å². The first-order valence-corrected chi connectivity index (χ1v) is 7.62. The van der Waals surface area contributed by atoms with Gasteiger partial charge in [-0.05, 0) is 44.9 Å². The molecule has 116 valence electrons. The summed E-state index contributed by atoms with van der Waals surface area (Å²) in [7, 11) is 0. The van der Waals surface area contributed by atoms with Gasteiger partial charge in [0.25, 0.3) is 0 Å². The summed E-state index contributed by atoms with van der Waals surface area (Å²) in [6, 6.07) is 6.03. The third-order valence-corrected chi connectivity index (χ3v) is 4.26. The van der Waals surface area contributed by atoms with Gasteiger partial charge in [-0.3, -0.25) is 9.69 Å². The number of anilines is 1. The lowest BCUT2D eigenvalue weighted by atomic mass is 9.83. The molecule has 4 heteroatoms. The highest BCUT2D eigenvalue weighted by atomic mass is 16.3. The second-order valence-corrected chi connectivity index (χ2v) is 6.65. The summed E-state index contributed by atoms with van der Waals surface area (Å²) < 4.78 is 0. The summed E-state index contributed by atoms with van der Waals surface area (Å²) in [5, 5.41) is 12.5. The van der Waals surface area contributed by atoms with E-state index < -0.39 is 0 Å². The number of hydrogen-bond donors (Lipinski definition) is 2. The van der Waals surface area contributed by atoms with Crippen molar-refractivity contribution in [1.29, 1.82) is 0 Å². The number of piperidine rings is 1. The number of nitrogens with one attached hydrogen (secondary N) is 1. The van der Waals surface area contributed by atoms with Gasteiger partial charge < -0.3 is 10.4 Å². The van der Waals surface area contributed by atoms with Crippen LogP contribution in [0.2, 0.25) is 0 Å². The summed E-state index contributed by atoms with van der Waals surface area (Å²) in [6.45, 7) is 8.42. The average molecular weight is 290 g/mol. The summed E-state index contributed by atoms with van der Waals surface area (Å²) >= 11 is 0. The first kappa shape index (κ1) is 16.0. The summed E-state index contributed by atoms with van der Waals surface area (Å²) in [6.07, 6.45) is 2.06. The smallest absolute Gasteiger partial charge is 0.238 e. The zero-order valence-electron chi connectivity index (χ0n) is 13.3. The molecule has 0 saturated carbocycles. The Labute approximate surface area is 127 Å². The van der Waals surface area contributed by atoms with E-state index >= 15 is 0 Å². The second kappa shape index (κ2) is 6.58. The normalized spacial score (nSPS) is 23.0. The lowest BCUT2D eigenvalue weighted by Crippen LogP contribution is -2.46. The van der Waals surface area contributed by atoms with Crippen LogP contribution < -0.4 is 5.32 Å². The van der Waals surface area contributed by atoms with Crippen molar-refractivity contribution >= 4 is 11.6 Å². The van der Waals surface area contributed by atoms with Crippen LogP contribution in [0.4, 0.5) is 5.69 Å². The summed E-state index contributed by atoms with van der Waals surface area (Å²) in [4.78, 5) is 14.3. The number of aryl methyl sites for hydroxylation is 2. The molecule has 21 heavy (non-hydrogen) atoms. The molecule has 1 saturated heterocycles. The number of benzene rings is 1. The molecule has 0 aromatic heterocycles. The van der Waals surface area contributed by atoms with Gasteiger partial charge in [0.1, 0.15) is 0 Å². The van der Waals surface area contributed by atoms with Gasteiger partial charge in [0.15, 0.2) is 0 Å². The predicted molar refractivity (Wildman–Crippen MR) is 85.4 cm³/mol. The Bertz CT molecular complexity index is 516. The number of amides is 1. The zero-order valence-corrected chi connectivity index (χ0v) is 13.3. The van der Waals surface area contributed by atoms with Crippen LogP contribution >= 0.6 is 0 Å². The standard InChI is InChI=1S/C17H26N2O2/c1-13-5-6-15(14(2)9-13)18-16(21)10-19-8-4-7-17(3,11-19)12-20/h5-6,9,20H,4,7-8,10-12H2,1-3H3,(H,18,21). The first-order chi connectivity index (χ1) is 9.92. The molecule has 1 aliphatic rings. The Morgan fingerprint density at radius 2 is 2.19 bits per heavy atom. The van der Waals surface area contributed by atoms with E-state index in [-0.39, 0.29) is 17.9 Å². The third-order valence-electron chi connectivity index (χ3n) is 4.26. The van der Waals surface area contributed by atoms with Gasteiger partial charge in [0.05, 0.1) is 6.54 Å². The molecule has 2 N–H and O–H groups in total. The van der Waals surface area contributed by atoms with Gasteiger partial charge in [-0.15, -0.1) is 0 Å². The molecule has 1 aromatic carbocycles. The van der Waals surface area contributed by atoms with Crippen LogP contribution in [0.1, 0.15) is 30.9 Å². The lowest BCUT2D eigenvalue weighted by molar-refractivity contribution is -0.118. The van der Waals surface area contributed by atoms with E-state index in [4.69, 9.17) is 0 Å². The Hall–Kier alpha value is -1.39. The number of carbonyl (C=O) groups excluding carboxylic acids is 1. The fraction of sp³-hybridized carbons (Fsp3) is 0.588. The molecule has 1 heterocycles. The van der Waals surface area contributed by atoms with Gasteiger partial charge in [0.2, 0.25) is 5.91 Å². The van der Waals surface area contributed by atoms with Crippen LogP contribution in [0, 0.1) is 19.3 Å². The van der Waals surface area contributed by atoms with Crippen LogP contribution in [-0.4, -0.2) is 42.2 Å². The van der Waals surface area contributed by atoms with Gasteiger partial charge in [-0.25, -0.2) is 0 Å². The van der Waals surface area contributed by atoms with E-state index in [1.54, 1.807) is 0 Å². The molecule has 1 aromatic rings. The quantitative estimate of drug-likeness (QED) is 0.895. The van der Waals surface area contributed by atoms with E-state index in [9.17, 15) is 9.90 Å². The number of aliphatic hydroxyl groups excluding tert-OH is 1. The number of likely N-dealkylation sites (tertiary alicyclic amines) is 1. The first-order valence-electron chi connectivity index (χ1n) is 7.62. The number of rotatable bonds is 4. The van der Waals surface area contributed by atoms with Gasteiger partial charge in [-0.2, -0.15) is 0 Å². The van der Waals surface area contributed by atoms with Crippen molar-refractivity contribution in [1.82, 2.24) is 4.90 Å². The van der Waals surface area contributed by atoms with Crippen molar-refractivity contribution in [3.63, 3.8) is 0 Å². The largest absolute Gasteiger partial charge is 0.396 e. The number of aliphatic hydroxyl groups is 1. The van der Waals surface area contributed by atoms with Crippen molar-refractivity contribution in [2.45, 2.75) is 33.6 Å². The van der Waals surface area contributed by atoms with Crippen LogP contribution in [0.3, 0.4) is 0 Å². The van der Waals surface area contributed by atoms with Crippen LogP contribution in [0.25, 0.3) is 0 Å². The Morgan fingerprint density at radius 1 is 1.43 bits per heavy atom. The fourth-order valence-electron chi connectivity index (χ4n) is 3.04. The van der Waals surface area contributed by atoms with Gasteiger partial charge >= 0.3 is 0 Å². The molecule has 1 unspecified atom stereocenters. The SMILES string of the molecule is Cc1ccc(NC(=O)CN2CCCC(C)(CO)C2)c(C)c1. The van der Waals surface area contributed by atoms with E-state index in [2.05, 4.69) is 23.2 Å². The highest BCUT2D eigenvalue weighted by molar-refractivity contribution is 5.93. The third kappa shape index (κ3) is 4.29. The maximum Gasteiger partial charge on any atom is 0.238 e. The molecule has 1 fully saturated rings. The Kier molecular flexibility index (Phi) is 5.01. The maximum atomic E-state index is 12.2. The maximum absolute atomic E-state index is 12.2. The monoisotopic (exact) mass is 290 g/mol. The second-order valence-electron chi connectivity index (χ2n) is 6.65. The van der Waals surface area contributed by atoms with Crippen molar-refractivity contribution in [2.75, 3.05) is 31.6 Å². The van der Waals surface area contributed by atoms with E-state index in [1.165, 1.54) is 5.56 Å². The lowest BCUT2D eigenvalue weighted by Gasteiger charge is -2.38. The predicted octanol–water partition coefficient (Wildman–Crippen LogP) is 2.34. The molecule has 1 atom stereocenters. The molecule has 2 rings (SSSR count). The minimum atomic E-state index is -0.0711. The highest BCUT2D eigenvalue weighted by Crippen LogP contribution is 2.28. The number of carbonyl (C=O) groups is 1. The van der Waals surface area contributed by atoms with Crippen LogP contribution in [0.15, 0.2) is 18.2 Å². The highest BCUT2D eigenvalue weighted by Gasteiger charge is 2.30. The minimum Gasteiger partial charge on any atom is -0.396 e. The number of nitrogens with zero attached hydrogens (tertiary/aromatic N) is 1. The average Bonchev–Trinajstić information content (AvgIpc) is 2.42. The van der Waals surface area contributed by atoms with E-state index in [1.807, 2.05) is 26.0 Å². The molecule has 4 nitrogen and oxygen atoms in total. The number of hydrogen-bond acceptors (Lipinski definition) is 3. The molecular weight excluding hydrogens is 264 g/mol. The Morgan fingerprint density at radius 3 is 2.86 bits per heavy atom. The zero-order chi connectivity index (χ0) is 15.5. The van der Waals surface area contributed by atoms with E-state index in [0.29, 0.717) is 6.54 Å². The van der Waals surface area contributed by atoms with Crippen molar-refractivity contribution in [3.05, 3.63) is 29.3 Å². The summed E-state index contributed by atoms with van der Waals surface area (Å²) in [5.41, 5.74) is 3.09. The molecule has 0 spiro atoms. The van der Waals surface area contributed by atoms with Crippen LogP contribution in [-0.2, 0) is 4.79 Å². The Balaban J connectivity index is 1.92. The fourth-order valence-corrected chi connectivity index (χ4v) is 3.04. The van der Waals surface area contributed by atoms with Gasteiger partial charge in [-0.1, -0.05) is 24.6 Å². The van der Waals surface area contributed by atoms with Crippen molar-refractivity contribution in [3.8, 4) is 0 Å². The molecule has 0 aliphatic carbocycles. The summed E-state index contributed by atoms with van der Waals surface area (Å²) in [5.74, 6) is 0.0177. The topological polar surface area (TPSA) is 52.6 Å². The van der Waals surface area contributed by atoms with E-state index in [0.717, 1.165) is 37.2 Å². The molecule has 0 bridgehead atoms. The van der Waals surface area contributed by atoms with Crippen molar-refractivity contribution < 1.29 is 9.90 Å².